The Balaban J connectivity index is 1.93. The zero-order valence-electron chi connectivity index (χ0n) is 16.3. The summed E-state index contributed by atoms with van der Waals surface area (Å²) >= 11 is 1.30. The average molecular weight is 400 g/mol. The molecule has 2 heterocycles. The maximum absolute atomic E-state index is 13.1. The highest BCUT2D eigenvalue weighted by atomic mass is 32.1. The number of benzene rings is 1. The Morgan fingerprint density at radius 3 is 2.57 bits per heavy atom. The van der Waals surface area contributed by atoms with Crippen molar-refractivity contribution in [1.29, 1.82) is 0 Å². The monoisotopic (exact) mass is 399 g/mol. The Bertz CT molecular complexity index is 868. The fraction of sp³-hybridized carbons (Fsp3) is 0.364. The molecule has 1 N–H and O–H groups in total. The normalized spacial score (nSPS) is 17.1. The highest BCUT2D eigenvalue weighted by Crippen LogP contribution is 2.39. The fourth-order valence-electron chi connectivity index (χ4n) is 3.31. The van der Waals surface area contributed by atoms with Gasteiger partial charge >= 0.3 is 0 Å². The van der Waals surface area contributed by atoms with Gasteiger partial charge in [0, 0.05) is 13.2 Å². The van der Waals surface area contributed by atoms with E-state index in [1.54, 1.807) is 17.0 Å². The number of rotatable bonds is 8. The minimum Gasteiger partial charge on any atom is -0.503 e. The number of thiophene rings is 1. The van der Waals surface area contributed by atoms with Crippen molar-refractivity contribution < 1.29 is 19.4 Å². The van der Waals surface area contributed by atoms with Gasteiger partial charge in [-0.3, -0.25) is 9.59 Å². The third-order valence-electron chi connectivity index (χ3n) is 4.68. The Morgan fingerprint density at radius 2 is 1.96 bits per heavy atom. The molecule has 1 atom stereocenters. The number of ether oxygens (including phenoxy) is 1. The quantitative estimate of drug-likeness (QED) is 0.526. The summed E-state index contributed by atoms with van der Waals surface area (Å²) in [5.41, 5.74) is 2.05. The lowest BCUT2D eigenvalue weighted by molar-refractivity contribution is -0.129. The molecule has 1 aromatic heterocycles. The fourth-order valence-corrected chi connectivity index (χ4v) is 3.98. The number of aliphatic hydroxyl groups is 1. The first-order chi connectivity index (χ1) is 13.4. The topological polar surface area (TPSA) is 66.8 Å². The maximum Gasteiger partial charge on any atom is 0.290 e. The summed E-state index contributed by atoms with van der Waals surface area (Å²) < 4.78 is 5.57. The van der Waals surface area contributed by atoms with E-state index in [1.807, 2.05) is 50.4 Å². The molecule has 0 saturated heterocycles. The van der Waals surface area contributed by atoms with Crippen LogP contribution in [0.4, 0.5) is 0 Å². The zero-order valence-corrected chi connectivity index (χ0v) is 17.2. The molecular formula is C22H25NO4S. The Morgan fingerprint density at radius 1 is 1.25 bits per heavy atom. The molecule has 28 heavy (non-hydrogen) atoms. The van der Waals surface area contributed by atoms with Crippen LogP contribution in [0, 0.1) is 6.92 Å². The molecule has 0 unspecified atom stereocenters. The van der Waals surface area contributed by atoms with Gasteiger partial charge in [-0.25, -0.2) is 0 Å². The number of ketones is 1. The number of amides is 1. The lowest BCUT2D eigenvalue weighted by Gasteiger charge is -2.27. The van der Waals surface area contributed by atoms with E-state index in [-0.39, 0.29) is 17.5 Å². The van der Waals surface area contributed by atoms with Crippen molar-refractivity contribution in [3.8, 4) is 0 Å². The summed E-state index contributed by atoms with van der Waals surface area (Å²) in [5, 5.41) is 12.4. The molecule has 0 spiro atoms. The molecule has 5 nitrogen and oxygen atoms in total. The van der Waals surface area contributed by atoms with Gasteiger partial charge in [0.1, 0.15) is 0 Å². The van der Waals surface area contributed by atoms with Crippen LogP contribution < -0.4 is 0 Å². The van der Waals surface area contributed by atoms with Gasteiger partial charge in [0.2, 0.25) is 5.78 Å². The van der Waals surface area contributed by atoms with Crippen molar-refractivity contribution in [3.63, 3.8) is 0 Å². The van der Waals surface area contributed by atoms with Crippen molar-refractivity contribution in [2.75, 3.05) is 13.2 Å². The van der Waals surface area contributed by atoms with E-state index in [0.717, 1.165) is 11.1 Å². The average Bonchev–Trinajstić information content (AvgIpc) is 3.28. The number of nitrogens with zero attached hydrogens (tertiary/aromatic N) is 1. The van der Waals surface area contributed by atoms with Crippen LogP contribution in [0.1, 0.15) is 47.1 Å². The van der Waals surface area contributed by atoms with Gasteiger partial charge in [-0.1, -0.05) is 35.9 Å². The first kappa shape index (κ1) is 20.3. The largest absolute Gasteiger partial charge is 0.503 e. The minimum atomic E-state index is -0.596. The molecule has 1 aliphatic rings. The third-order valence-corrected chi connectivity index (χ3v) is 5.55. The lowest BCUT2D eigenvalue weighted by Crippen LogP contribution is -2.32. The highest BCUT2D eigenvalue weighted by molar-refractivity contribution is 7.12. The number of carbonyl (C=O) groups excluding carboxylic acids is 2. The Labute approximate surface area is 169 Å². The van der Waals surface area contributed by atoms with Crippen molar-refractivity contribution in [1.82, 2.24) is 4.90 Å². The molecule has 148 valence electrons. The first-order valence-electron chi connectivity index (χ1n) is 9.40. The van der Waals surface area contributed by atoms with Crippen molar-refractivity contribution in [2.24, 2.45) is 0 Å². The molecule has 3 rings (SSSR count). The SMILES string of the molecule is Cc1ccc([C@@H]2C(C(=O)c3cccs3)=C(O)C(=O)N2CCCOC(C)C)cc1. The molecule has 0 aliphatic carbocycles. The standard InChI is InChI=1S/C22H25NO4S/c1-14(2)27-12-5-11-23-19(16-9-7-15(3)8-10-16)18(21(25)22(23)26)20(24)17-6-4-13-28-17/h4,6-10,13-14,19,25H,5,11-12H2,1-3H3/t19-/m1/s1. The molecule has 0 bridgehead atoms. The van der Waals surface area contributed by atoms with Crippen LogP contribution in [0.5, 0.6) is 0 Å². The number of Topliss-reactive ketones (excluding diaryl/α,β-unsaturated/α-hetero) is 1. The highest BCUT2D eigenvalue weighted by Gasteiger charge is 2.43. The van der Waals surface area contributed by atoms with Gasteiger partial charge in [0.25, 0.3) is 5.91 Å². The van der Waals surface area contributed by atoms with Crippen LogP contribution in [0.25, 0.3) is 0 Å². The molecule has 0 radical (unpaired) electrons. The van der Waals surface area contributed by atoms with Gasteiger partial charge < -0.3 is 14.7 Å². The first-order valence-corrected chi connectivity index (χ1v) is 10.3. The van der Waals surface area contributed by atoms with E-state index in [1.165, 1.54) is 11.3 Å². The number of aliphatic hydroxyl groups excluding tert-OH is 1. The minimum absolute atomic E-state index is 0.115. The second-order valence-electron chi connectivity index (χ2n) is 7.15. The molecular weight excluding hydrogens is 374 g/mol. The summed E-state index contributed by atoms with van der Waals surface area (Å²) in [6.45, 7) is 6.81. The number of hydrogen-bond acceptors (Lipinski definition) is 5. The second-order valence-corrected chi connectivity index (χ2v) is 8.10. The van der Waals surface area contributed by atoms with E-state index in [9.17, 15) is 14.7 Å². The number of carbonyl (C=O) groups is 2. The van der Waals surface area contributed by atoms with Crippen molar-refractivity contribution in [2.45, 2.75) is 39.3 Å². The lowest BCUT2D eigenvalue weighted by atomic mass is 9.95. The molecule has 0 fully saturated rings. The Hall–Kier alpha value is -2.44. The summed E-state index contributed by atoms with van der Waals surface area (Å²) in [6, 6.07) is 10.6. The molecule has 1 aliphatic heterocycles. The predicted molar refractivity (Wildman–Crippen MR) is 110 cm³/mol. The van der Waals surface area contributed by atoms with E-state index in [2.05, 4.69) is 0 Å². The van der Waals surface area contributed by atoms with Crippen LogP contribution in [-0.2, 0) is 9.53 Å². The summed E-state index contributed by atoms with van der Waals surface area (Å²) in [5.74, 6) is -1.25. The molecule has 2 aromatic rings. The smallest absolute Gasteiger partial charge is 0.290 e. The van der Waals surface area contributed by atoms with Crippen LogP contribution in [-0.4, -0.2) is 41.0 Å². The van der Waals surface area contributed by atoms with Gasteiger partial charge in [-0.05, 0) is 44.2 Å². The van der Waals surface area contributed by atoms with Crippen molar-refractivity contribution >= 4 is 23.0 Å². The van der Waals surface area contributed by atoms with Gasteiger partial charge in [0.05, 0.1) is 22.6 Å². The van der Waals surface area contributed by atoms with E-state index in [0.29, 0.717) is 24.4 Å². The summed E-state index contributed by atoms with van der Waals surface area (Å²) in [4.78, 5) is 27.9. The van der Waals surface area contributed by atoms with E-state index >= 15 is 0 Å². The predicted octanol–water partition coefficient (Wildman–Crippen LogP) is 4.45. The maximum atomic E-state index is 13.1. The summed E-state index contributed by atoms with van der Waals surface area (Å²) in [7, 11) is 0. The van der Waals surface area contributed by atoms with Crippen LogP contribution in [0.15, 0.2) is 53.1 Å². The molecule has 1 amide bonds. The summed E-state index contributed by atoms with van der Waals surface area (Å²) in [6.07, 6.45) is 0.740. The number of aryl methyl sites for hydroxylation is 1. The van der Waals surface area contributed by atoms with Gasteiger partial charge in [-0.15, -0.1) is 11.3 Å². The van der Waals surface area contributed by atoms with Crippen molar-refractivity contribution in [3.05, 3.63) is 69.1 Å². The molecule has 6 heteroatoms. The number of hydrogen-bond donors (Lipinski definition) is 1. The third kappa shape index (κ3) is 4.18. The molecule has 1 aromatic carbocycles. The van der Waals surface area contributed by atoms with E-state index in [4.69, 9.17) is 4.74 Å². The molecule has 0 saturated carbocycles. The zero-order chi connectivity index (χ0) is 20.3. The van der Waals surface area contributed by atoms with Gasteiger partial charge in [0.15, 0.2) is 5.76 Å². The van der Waals surface area contributed by atoms with Crippen LogP contribution >= 0.6 is 11.3 Å². The van der Waals surface area contributed by atoms with Crippen LogP contribution in [0.2, 0.25) is 0 Å². The Kier molecular flexibility index (Phi) is 6.31. The second kappa shape index (κ2) is 8.71. The van der Waals surface area contributed by atoms with Crippen LogP contribution in [0.3, 0.4) is 0 Å². The van der Waals surface area contributed by atoms with Gasteiger partial charge in [-0.2, -0.15) is 0 Å². The van der Waals surface area contributed by atoms with E-state index < -0.39 is 17.7 Å².